The van der Waals surface area contributed by atoms with E-state index in [1.807, 2.05) is 0 Å². The molecule has 0 N–H and O–H groups in total. The molecule has 3 spiro atoms. The van der Waals surface area contributed by atoms with E-state index in [1.54, 1.807) is 0 Å². The van der Waals surface area contributed by atoms with Crippen LogP contribution in [0.15, 0.2) is 0 Å². The molecule has 0 aromatic rings. The molecule has 170 valence electrons. The van der Waals surface area contributed by atoms with E-state index in [-0.39, 0.29) is 24.4 Å². The third-order valence-corrected chi connectivity index (χ3v) is 8.36. The van der Waals surface area contributed by atoms with E-state index in [9.17, 15) is 0 Å². The van der Waals surface area contributed by atoms with Crippen LogP contribution in [-0.2, 0) is 28.4 Å². The molecule has 0 amide bonds. The molecule has 0 unspecified atom stereocenters. The van der Waals surface area contributed by atoms with Crippen molar-refractivity contribution >= 4 is 0 Å². The quantitative estimate of drug-likeness (QED) is 0.649. The maximum atomic E-state index is 6.75. The zero-order valence-electron chi connectivity index (χ0n) is 18.3. The average molecular weight is 423 g/mol. The van der Waals surface area contributed by atoms with Crippen LogP contribution in [0, 0.1) is 0 Å². The predicted molar refractivity (Wildman–Crippen MR) is 109 cm³/mol. The molecule has 3 aliphatic carbocycles. The van der Waals surface area contributed by atoms with Crippen molar-refractivity contribution < 1.29 is 28.4 Å². The van der Waals surface area contributed by atoms with Crippen molar-refractivity contribution in [2.75, 3.05) is 13.2 Å². The summed E-state index contributed by atoms with van der Waals surface area (Å²) in [6.45, 7) is 1.19. The first-order valence-electron chi connectivity index (χ1n) is 12.7. The van der Waals surface area contributed by atoms with Crippen LogP contribution in [-0.4, -0.2) is 55.0 Å². The van der Waals surface area contributed by atoms with Crippen LogP contribution in [0.3, 0.4) is 0 Å². The van der Waals surface area contributed by atoms with E-state index in [2.05, 4.69) is 0 Å². The highest BCUT2D eigenvalue weighted by Crippen LogP contribution is 2.48. The maximum Gasteiger partial charge on any atom is 0.169 e. The van der Waals surface area contributed by atoms with Gasteiger partial charge >= 0.3 is 0 Å². The molecule has 6 fully saturated rings. The van der Waals surface area contributed by atoms with Gasteiger partial charge in [0.05, 0.1) is 13.2 Å². The summed E-state index contributed by atoms with van der Waals surface area (Å²) in [5.74, 6) is -1.25. The normalized spacial score (nSPS) is 42.4. The summed E-state index contributed by atoms with van der Waals surface area (Å²) >= 11 is 0. The fourth-order valence-corrected chi connectivity index (χ4v) is 6.74. The van der Waals surface area contributed by atoms with Gasteiger partial charge in [-0.2, -0.15) is 0 Å². The standard InChI is InChI=1S/C24H38O6/c1-4-10-22(11-5-1)25-16-18(27-22)20-21(30-24(29-20)14-8-3-9-15-24)19-17-26-23(28-19)12-6-2-7-13-23/h18-21H,1-17H2/t18-,19-,20+,21+/m0/s1. The van der Waals surface area contributed by atoms with Crippen molar-refractivity contribution in [3.8, 4) is 0 Å². The van der Waals surface area contributed by atoms with Gasteiger partial charge in [-0.25, -0.2) is 0 Å². The van der Waals surface area contributed by atoms with Crippen LogP contribution < -0.4 is 0 Å². The second-order valence-electron chi connectivity index (χ2n) is 10.5. The minimum atomic E-state index is -0.467. The van der Waals surface area contributed by atoms with E-state index >= 15 is 0 Å². The van der Waals surface area contributed by atoms with Crippen molar-refractivity contribution in [3.63, 3.8) is 0 Å². The highest BCUT2D eigenvalue weighted by Gasteiger charge is 2.59. The summed E-state index contributed by atoms with van der Waals surface area (Å²) in [7, 11) is 0. The Bertz CT molecular complexity index is 559. The molecule has 3 saturated carbocycles. The lowest BCUT2D eigenvalue weighted by atomic mass is 9.94. The summed E-state index contributed by atoms with van der Waals surface area (Å²) < 4.78 is 39.3. The summed E-state index contributed by atoms with van der Waals surface area (Å²) in [5, 5.41) is 0. The van der Waals surface area contributed by atoms with Crippen LogP contribution in [0.5, 0.6) is 0 Å². The molecule has 6 aliphatic rings. The Kier molecular flexibility index (Phi) is 5.41. The Morgan fingerprint density at radius 2 is 0.767 bits per heavy atom. The first kappa shape index (κ1) is 20.4. The van der Waals surface area contributed by atoms with Crippen molar-refractivity contribution in [2.45, 2.75) is 138 Å². The van der Waals surface area contributed by atoms with Crippen LogP contribution in [0.2, 0.25) is 0 Å². The summed E-state index contributed by atoms with van der Waals surface area (Å²) in [6.07, 6.45) is 16.4. The van der Waals surface area contributed by atoms with Gasteiger partial charge in [-0.1, -0.05) is 19.3 Å². The molecule has 3 heterocycles. The summed E-state index contributed by atoms with van der Waals surface area (Å²) in [4.78, 5) is 0. The van der Waals surface area contributed by atoms with E-state index < -0.39 is 17.4 Å². The molecule has 0 aromatic heterocycles. The number of hydrogen-bond acceptors (Lipinski definition) is 6. The number of rotatable bonds is 2. The number of ether oxygens (including phenoxy) is 6. The molecule has 0 bridgehead atoms. The SMILES string of the molecule is C1CCC2(CC1)O[C@H]([C@@H]1COC3(CCCCC3)O1)[C@@H]([C@@H]1COC3(CCCCC3)O1)O2. The smallest absolute Gasteiger partial charge is 0.169 e. The maximum absolute atomic E-state index is 6.75. The van der Waals surface area contributed by atoms with Gasteiger partial charge in [-0.05, 0) is 38.5 Å². The zero-order chi connectivity index (χ0) is 20.1. The molecule has 6 nitrogen and oxygen atoms in total. The molecular weight excluding hydrogens is 384 g/mol. The third-order valence-electron chi connectivity index (χ3n) is 8.36. The van der Waals surface area contributed by atoms with Crippen molar-refractivity contribution in [1.29, 1.82) is 0 Å². The molecule has 30 heavy (non-hydrogen) atoms. The first-order chi connectivity index (χ1) is 14.7. The van der Waals surface area contributed by atoms with E-state index in [1.165, 1.54) is 44.9 Å². The van der Waals surface area contributed by atoms with Gasteiger partial charge in [0, 0.05) is 38.5 Å². The molecule has 4 atom stereocenters. The van der Waals surface area contributed by atoms with Crippen molar-refractivity contribution in [2.24, 2.45) is 0 Å². The lowest BCUT2D eigenvalue weighted by Crippen LogP contribution is -2.46. The number of hydrogen-bond donors (Lipinski definition) is 0. The van der Waals surface area contributed by atoms with Gasteiger partial charge in [0.2, 0.25) is 0 Å². The van der Waals surface area contributed by atoms with Crippen LogP contribution in [0.1, 0.15) is 96.3 Å². The third kappa shape index (κ3) is 3.65. The van der Waals surface area contributed by atoms with E-state index in [0.717, 1.165) is 51.4 Å². The Hall–Kier alpha value is -0.240. The first-order valence-corrected chi connectivity index (χ1v) is 12.7. The van der Waals surface area contributed by atoms with Crippen LogP contribution in [0.4, 0.5) is 0 Å². The van der Waals surface area contributed by atoms with Gasteiger partial charge in [-0.15, -0.1) is 0 Å². The predicted octanol–water partition coefficient (Wildman–Crippen LogP) is 4.58. The fourth-order valence-electron chi connectivity index (χ4n) is 6.74. The topological polar surface area (TPSA) is 55.4 Å². The minimum Gasteiger partial charge on any atom is -0.347 e. The van der Waals surface area contributed by atoms with E-state index in [4.69, 9.17) is 28.4 Å². The molecule has 0 aromatic carbocycles. The average Bonchev–Trinajstić information content (AvgIpc) is 3.47. The van der Waals surface area contributed by atoms with Gasteiger partial charge < -0.3 is 28.4 Å². The Morgan fingerprint density at radius 3 is 1.17 bits per heavy atom. The Balaban J connectivity index is 1.21. The zero-order valence-corrected chi connectivity index (χ0v) is 18.3. The Labute approximate surface area is 180 Å². The van der Waals surface area contributed by atoms with Crippen LogP contribution >= 0.6 is 0 Å². The molecule has 3 aliphatic heterocycles. The second kappa shape index (κ2) is 7.96. The van der Waals surface area contributed by atoms with Gasteiger partial charge in [0.15, 0.2) is 17.4 Å². The molecule has 6 rings (SSSR count). The lowest BCUT2D eigenvalue weighted by Gasteiger charge is -2.34. The molecule has 0 radical (unpaired) electrons. The van der Waals surface area contributed by atoms with Gasteiger partial charge in [0.1, 0.15) is 24.4 Å². The molecule has 3 saturated heterocycles. The second-order valence-corrected chi connectivity index (χ2v) is 10.5. The van der Waals surface area contributed by atoms with Gasteiger partial charge in [-0.3, -0.25) is 0 Å². The van der Waals surface area contributed by atoms with Crippen LogP contribution in [0.25, 0.3) is 0 Å². The summed E-state index contributed by atoms with van der Waals surface area (Å²) in [5.41, 5.74) is 0. The fraction of sp³-hybridized carbons (Fsp3) is 1.00. The van der Waals surface area contributed by atoms with Crippen molar-refractivity contribution in [3.05, 3.63) is 0 Å². The lowest BCUT2D eigenvalue weighted by molar-refractivity contribution is -0.221. The van der Waals surface area contributed by atoms with E-state index in [0.29, 0.717) is 13.2 Å². The largest absolute Gasteiger partial charge is 0.347 e. The molecular formula is C24H38O6. The minimum absolute atomic E-state index is 0.0825. The molecule has 6 heteroatoms. The summed E-state index contributed by atoms with van der Waals surface area (Å²) in [6, 6.07) is 0. The Morgan fingerprint density at radius 1 is 0.400 bits per heavy atom. The van der Waals surface area contributed by atoms with Gasteiger partial charge in [0.25, 0.3) is 0 Å². The highest BCUT2D eigenvalue weighted by molar-refractivity contribution is 5.00. The monoisotopic (exact) mass is 422 g/mol. The van der Waals surface area contributed by atoms with Crippen molar-refractivity contribution in [1.82, 2.24) is 0 Å². The highest BCUT2D eigenvalue weighted by atomic mass is 16.8.